The van der Waals surface area contributed by atoms with Gasteiger partial charge in [0.05, 0.1) is 6.61 Å². The molecule has 0 spiro atoms. The Kier molecular flexibility index (Phi) is 20.6. The Labute approximate surface area is 360 Å². The van der Waals surface area contributed by atoms with Gasteiger partial charge in [-0.2, -0.15) is 0 Å². The number of hydrogen-bond donors (Lipinski definition) is 0. The van der Waals surface area contributed by atoms with Crippen molar-refractivity contribution in [1.29, 1.82) is 0 Å². The van der Waals surface area contributed by atoms with Crippen molar-refractivity contribution < 1.29 is 14.3 Å². The standard InChI is InChI=1S/C54H95NO3/c1-11-14-15-16-17-18-19-20-21-22-23-24-25-26-27-28-39-57-54(13-3,58-51(56)30-12-2)49-41-53(8)44(40-50(49)55(9)10)33-34-45-47-36-35-46(43(6)32-29-31-42(4)5)52(47,7)38-37-48(45)53/h17-18,20-21,33,42-43,45-50H,11-16,19,22-32,34-41H2,1-10H3/b18-17-,21-20-/t43-,45+,46-,47+,48+,49?,50-,52-,53+,54?/m1/s1. The Morgan fingerprint density at radius 2 is 1.53 bits per heavy atom. The number of esters is 1. The van der Waals surface area contributed by atoms with E-state index >= 15 is 0 Å². The number of nitrogens with zero attached hydrogens (tertiary/aromatic N) is 1. The minimum atomic E-state index is -0.882. The molecule has 3 fully saturated rings. The highest BCUT2D eigenvalue weighted by Crippen LogP contribution is 2.68. The molecule has 0 bridgehead atoms. The van der Waals surface area contributed by atoms with Crippen molar-refractivity contribution in [2.75, 3.05) is 20.7 Å². The van der Waals surface area contributed by atoms with Gasteiger partial charge >= 0.3 is 5.97 Å². The number of carbonyl (C=O) groups is 1. The zero-order valence-corrected chi connectivity index (χ0v) is 40.1. The normalized spacial score (nSPS) is 31.3. The Morgan fingerprint density at radius 1 is 0.845 bits per heavy atom. The first-order valence-corrected chi connectivity index (χ1v) is 25.4. The van der Waals surface area contributed by atoms with E-state index in [9.17, 15) is 4.79 Å². The summed E-state index contributed by atoms with van der Waals surface area (Å²) in [5.41, 5.74) is 2.30. The first-order chi connectivity index (χ1) is 27.9. The summed E-state index contributed by atoms with van der Waals surface area (Å²) in [6.07, 6.45) is 42.0. The van der Waals surface area contributed by atoms with Crippen LogP contribution in [0.5, 0.6) is 0 Å². The monoisotopic (exact) mass is 806 g/mol. The first-order valence-electron chi connectivity index (χ1n) is 25.4. The van der Waals surface area contributed by atoms with Crippen LogP contribution in [-0.4, -0.2) is 43.4 Å². The molecule has 0 aliphatic heterocycles. The fraction of sp³-hybridized carbons (Fsp3) is 0.870. The van der Waals surface area contributed by atoms with Gasteiger partial charge in [0.25, 0.3) is 0 Å². The van der Waals surface area contributed by atoms with E-state index < -0.39 is 5.79 Å². The van der Waals surface area contributed by atoms with Gasteiger partial charge in [0.2, 0.25) is 5.79 Å². The van der Waals surface area contributed by atoms with Gasteiger partial charge in [0.1, 0.15) is 0 Å². The summed E-state index contributed by atoms with van der Waals surface area (Å²) in [5, 5.41) is 0. The molecule has 0 heterocycles. The van der Waals surface area contributed by atoms with Crippen LogP contribution < -0.4 is 0 Å². The molecule has 0 aromatic rings. The van der Waals surface area contributed by atoms with E-state index in [2.05, 4.69) is 105 Å². The van der Waals surface area contributed by atoms with Crippen molar-refractivity contribution in [3.8, 4) is 0 Å². The quantitative estimate of drug-likeness (QED) is 0.0359. The van der Waals surface area contributed by atoms with Crippen molar-refractivity contribution in [1.82, 2.24) is 4.90 Å². The summed E-state index contributed by atoms with van der Waals surface area (Å²) in [6, 6.07) is 0.289. The predicted molar refractivity (Wildman–Crippen MR) is 249 cm³/mol. The van der Waals surface area contributed by atoms with Gasteiger partial charge < -0.3 is 14.4 Å². The van der Waals surface area contributed by atoms with E-state index in [0.717, 1.165) is 61.7 Å². The summed E-state index contributed by atoms with van der Waals surface area (Å²) in [7, 11) is 4.49. The van der Waals surface area contributed by atoms with Crippen molar-refractivity contribution in [3.63, 3.8) is 0 Å². The molecule has 2 unspecified atom stereocenters. The molecular weight excluding hydrogens is 711 g/mol. The van der Waals surface area contributed by atoms with Crippen molar-refractivity contribution in [2.45, 2.75) is 228 Å². The van der Waals surface area contributed by atoms with Gasteiger partial charge in [-0.15, -0.1) is 0 Å². The summed E-state index contributed by atoms with van der Waals surface area (Å²) in [4.78, 5) is 15.9. The lowest BCUT2D eigenvalue weighted by molar-refractivity contribution is -0.274. The topological polar surface area (TPSA) is 38.8 Å². The Hall–Kier alpha value is -1.39. The molecule has 58 heavy (non-hydrogen) atoms. The lowest BCUT2D eigenvalue weighted by Crippen LogP contribution is -2.60. The van der Waals surface area contributed by atoms with Crippen LogP contribution in [0.1, 0.15) is 216 Å². The number of carbonyl (C=O) groups excluding carboxylic acids is 1. The molecule has 3 saturated carbocycles. The fourth-order valence-electron chi connectivity index (χ4n) is 13.2. The fourth-order valence-corrected chi connectivity index (χ4v) is 13.2. The van der Waals surface area contributed by atoms with E-state index in [4.69, 9.17) is 9.47 Å². The van der Waals surface area contributed by atoms with Crippen LogP contribution in [0.2, 0.25) is 0 Å². The summed E-state index contributed by atoms with van der Waals surface area (Å²) < 4.78 is 13.8. The third kappa shape index (κ3) is 12.8. The average Bonchev–Trinajstić information content (AvgIpc) is 3.55. The van der Waals surface area contributed by atoms with Gasteiger partial charge in [-0.05, 0) is 150 Å². The largest absolute Gasteiger partial charge is 0.433 e. The zero-order chi connectivity index (χ0) is 42.2. The average molecular weight is 806 g/mol. The second-order valence-corrected chi connectivity index (χ2v) is 21.2. The second kappa shape index (κ2) is 24.3. The first kappa shape index (κ1) is 49.3. The van der Waals surface area contributed by atoms with E-state index in [0.29, 0.717) is 30.8 Å². The molecule has 0 aromatic carbocycles. The van der Waals surface area contributed by atoms with Crippen LogP contribution in [0.3, 0.4) is 0 Å². The molecule has 10 atom stereocenters. The Morgan fingerprint density at radius 3 is 2.19 bits per heavy atom. The summed E-state index contributed by atoms with van der Waals surface area (Å²) in [6.45, 7) is 19.9. The molecule has 4 nitrogen and oxygen atoms in total. The minimum Gasteiger partial charge on any atom is -0.433 e. The van der Waals surface area contributed by atoms with E-state index in [-0.39, 0.29) is 23.3 Å². The van der Waals surface area contributed by atoms with Gasteiger partial charge in [-0.1, -0.05) is 149 Å². The minimum absolute atomic E-state index is 0.0835. The van der Waals surface area contributed by atoms with Crippen LogP contribution in [0, 0.1) is 52.3 Å². The summed E-state index contributed by atoms with van der Waals surface area (Å²) in [5.74, 6) is 4.01. The maximum absolute atomic E-state index is 13.5. The lowest BCUT2D eigenvalue weighted by atomic mass is 9.45. The van der Waals surface area contributed by atoms with Crippen molar-refractivity contribution in [3.05, 3.63) is 36.0 Å². The molecule has 4 aliphatic carbocycles. The SMILES string of the molecule is CCCCC/C=C\C/C=C\CCCCCCCCOC(CC)(OC(=O)CCC)C1C[C@@]2(C)C(=CC[C@H]3[C@@H]4CC[C@H]([C@H](C)CCCC(C)C)[C@@]4(C)CC[C@@H]32)C[C@H]1N(C)C. The van der Waals surface area contributed by atoms with Crippen LogP contribution >= 0.6 is 0 Å². The number of ether oxygens (including phenoxy) is 2. The highest BCUT2D eigenvalue weighted by molar-refractivity contribution is 5.69. The second-order valence-electron chi connectivity index (χ2n) is 21.2. The molecule has 0 saturated heterocycles. The van der Waals surface area contributed by atoms with Crippen LogP contribution in [0.4, 0.5) is 0 Å². The molecule has 0 N–H and O–H groups in total. The number of fused-ring (bicyclic) bond motifs is 5. The number of unbranched alkanes of at least 4 members (excludes halogenated alkanes) is 9. The molecule has 4 heteroatoms. The predicted octanol–water partition coefficient (Wildman–Crippen LogP) is 15.5. The van der Waals surface area contributed by atoms with Crippen LogP contribution in [0.15, 0.2) is 36.0 Å². The van der Waals surface area contributed by atoms with Crippen LogP contribution in [-0.2, 0) is 14.3 Å². The lowest BCUT2D eigenvalue weighted by Gasteiger charge is -2.61. The highest BCUT2D eigenvalue weighted by Gasteiger charge is 2.62. The third-order valence-corrected chi connectivity index (χ3v) is 16.5. The molecule has 4 rings (SSSR count). The van der Waals surface area contributed by atoms with Crippen molar-refractivity contribution in [2.24, 2.45) is 52.3 Å². The van der Waals surface area contributed by atoms with Gasteiger partial charge in [0.15, 0.2) is 0 Å². The number of allylic oxidation sites excluding steroid dienone is 5. The molecule has 334 valence electrons. The van der Waals surface area contributed by atoms with Gasteiger partial charge in [-0.25, -0.2) is 0 Å². The van der Waals surface area contributed by atoms with Crippen LogP contribution in [0.25, 0.3) is 0 Å². The summed E-state index contributed by atoms with van der Waals surface area (Å²) >= 11 is 0. The molecular formula is C54H95NO3. The number of rotatable bonds is 27. The maximum Gasteiger partial charge on any atom is 0.308 e. The number of hydrogen-bond acceptors (Lipinski definition) is 4. The maximum atomic E-state index is 13.5. The van der Waals surface area contributed by atoms with E-state index in [1.54, 1.807) is 5.57 Å². The van der Waals surface area contributed by atoms with Gasteiger partial charge in [0, 0.05) is 24.8 Å². The van der Waals surface area contributed by atoms with E-state index in [1.807, 2.05) is 0 Å². The Balaban J connectivity index is 1.38. The molecule has 4 aliphatic rings. The van der Waals surface area contributed by atoms with E-state index in [1.165, 1.54) is 116 Å². The Bertz CT molecular complexity index is 1280. The zero-order valence-electron chi connectivity index (χ0n) is 40.1. The smallest absolute Gasteiger partial charge is 0.308 e. The molecule has 0 aromatic heterocycles. The molecule has 0 radical (unpaired) electrons. The van der Waals surface area contributed by atoms with Gasteiger partial charge in [-0.3, -0.25) is 4.79 Å². The van der Waals surface area contributed by atoms with Crippen molar-refractivity contribution >= 4 is 5.97 Å². The highest BCUT2D eigenvalue weighted by atomic mass is 16.7. The third-order valence-electron chi connectivity index (χ3n) is 16.5. The molecule has 0 amide bonds.